The standard InChI is InChI=1S/C14H20N2O3/c1-2-3-8-13(17)16(10-9-14(18)19)12-7-5-4-6-11(12)15/h4-7H,2-3,8-10,15H2,1H3,(H,18,19). The number of para-hydroxylation sites is 2. The number of nitrogen functional groups attached to an aromatic ring is 1. The summed E-state index contributed by atoms with van der Waals surface area (Å²) in [6.07, 6.45) is 2.02. The number of carbonyl (C=O) groups excluding carboxylic acids is 1. The first-order valence-electron chi connectivity index (χ1n) is 6.43. The van der Waals surface area contributed by atoms with Crippen LogP contribution in [0.3, 0.4) is 0 Å². The van der Waals surface area contributed by atoms with E-state index in [0.29, 0.717) is 17.8 Å². The summed E-state index contributed by atoms with van der Waals surface area (Å²) in [6.45, 7) is 2.15. The number of benzene rings is 1. The largest absolute Gasteiger partial charge is 0.481 e. The van der Waals surface area contributed by atoms with Gasteiger partial charge in [0.2, 0.25) is 5.91 Å². The van der Waals surface area contributed by atoms with Crippen molar-refractivity contribution in [3.05, 3.63) is 24.3 Å². The van der Waals surface area contributed by atoms with Crippen LogP contribution in [-0.2, 0) is 9.59 Å². The minimum absolute atomic E-state index is 0.0824. The molecule has 0 bridgehead atoms. The van der Waals surface area contributed by atoms with E-state index in [0.717, 1.165) is 12.8 Å². The van der Waals surface area contributed by atoms with Crippen molar-refractivity contribution in [1.29, 1.82) is 0 Å². The summed E-state index contributed by atoms with van der Waals surface area (Å²) in [4.78, 5) is 24.3. The summed E-state index contributed by atoms with van der Waals surface area (Å²) >= 11 is 0. The second kappa shape index (κ2) is 7.41. The van der Waals surface area contributed by atoms with E-state index in [9.17, 15) is 9.59 Å². The van der Waals surface area contributed by atoms with Crippen LogP contribution < -0.4 is 10.6 Å². The Bertz CT molecular complexity index is 446. The number of nitrogens with two attached hydrogens (primary N) is 1. The average molecular weight is 264 g/mol. The van der Waals surface area contributed by atoms with Crippen LogP contribution in [0.15, 0.2) is 24.3 Å². The lowest BCUT2D eigenvalue weighted by Crippen LogP contribution is -2.33. The Hall–Kier alpha value is -2.04. The lowest BCUT2D eigenvalue weighted by molar-refractivity contribution is -0.136. The second-order valence-corrected chi connectivity index (χ2v) is 4.35. The first kappa shape index (κ1) is 15.0. The average Bonchev–Trinajstić information content (AvgIpc) is 2.38. The van der Waals surface area contributed by atoms with Gasteiger partial charge in [0.05, 0.1) is 17.8 Å². The number of hydrogen-bond donors (Lipinski definition) is 2. The van der Waals surface area contributed by atoms with E-state index in [1.807, 2.05) is 6.92 Å². The third-order valence-corrected chi connectivity index (χ3v) is 2.82. The number of anilines is 2. The Morgan fingerprint density at radius 2 is 1.95 bits per heavy atom. The van der Waals surface area contributed by atoms with Gasteiger partial charge in [-0.3, -0.25) is 9.59 Å². The van der Waals surface area contributed by atoms with E-state index in [4.69, 9.17) is 10.8 Å². The number of carbonyl (C=O) groups is 2. The third-order valence-electron chi connectivity index (χ3n) is 2.82. The molecule has 0 fully saturated rings. The molecular weight excluding hydrogens is 244 g/mol. The number of carboxylic acid groups (broad SMARTS) is 1. The highest BCUT2D eigenvalue weighted by Gasteiger charge is 2.18. The second-order valence-electron chi connectivity index (χ2n) is 4.35. The Balaban J connectivity index is 2.88. The van der Waals surface area contributed by atoms with E-state index in [1.165, 1.54) is 4.90 Å². The van der Waals surface area contributed by atoms with Gasteiger partial charge < -0.3 is 15.7 Å². The van der Waals surface area contributed by atoms with Crippen LogP contribution >= 0.6 is 0 Å². The van der Waals surface area contributed by atoms with Crippen molar-refractivity contribution >= 4 is 23.3 Å². The van der Waals surface area contributed by atoms with Gasteiger partial charge in [0.25, 0.3) is 0 Å². The molecule has 1 aromatic carbocycles. The van der Waals surface area contributed by atoms with Crippen LogP contribution in [0.1, 0.15) is 32.6 Å². The lowest BCUT2D eigenvalue weighted by atomic mass is 10.2. The molecule has 0 unspecified atom stereocenters. The van der Waals surface area contributed by atoms with Crippen LogP contribution in [-0.4, -0.2) is 23.5 Å². The molecule has 0 saturated carbocycles. The van der Waals surface area contributed by atoms with Gasteiger partial charge in [-0.05, 0) is 18.6 Å². The minimum atomic E-state index is -0.928. The third kappa shape index (κ3) is 4.62. The van der Waals surface area contributed by atoms with Crippen molar-refractivity contribution < 1.29 is 14.7 Å². The quantitative estimate of drug-likeness (QED) is 0.740. The van der Waals surface area contributed by atoms with Crippen molar-refractivity contribution in [3.63, 3.8) is 0 Å². The summed E-state index contributed by atoms with van der Waals surface area (Å²) in [5, 5.41) is 8.77. The number of hydrogen-bond acceptors (Lipinski definition) is 3. The molecule has 0 spiro atoms. The van der Waals surface area contributed by atoms with Gasteiger partial charge in [0.15, 0.2) is 0 Å². The first-order chi connectivity index (χ1) is 9.06. The fourth-order valence-corrected chi connectivity index (χ4v) is 1.78. The highest BCUT2D eigenvalue weighted by molar-refractivity contribution is 5.96. The fourth-order valence-electron chi connectivity index (χ4n) is 1.78. The molecule has 104 valence electrons. The molecule has 3 N–H and O–H groups in total. The van der Waals surface area contributed by atoms with Crippen LogP contribution in [0.25, 0.3) is 0 Å². The van der Waals surface area contributed by atoms with Crippen LogP contribution in [0.2, 0.25) is 0 Å². The molecule has 0 aromatic heterocycles. The molecule has 5 nitrogen and oxygen atoms in total. The highest BCUT2D eigenvalue weighted by atomic mass is 16.4. The summed E-state index contributed by atoms with van der Waals surface area (Å²) in [5.41, 5.74) is 6.92. The molecule has 19 heavy (non-hydrogen) atoms. The number of nitrogens with zero attached hydrogens (tertiary/aromatic N) is 1. The first-order valence-corrected chi connectivity index (χ1v) is 6.43. The zero-order chi connectivity index (χ0) is 14.3. The molecule has 0 saturated heterocycles. The van der Waals surface area contributed by atoms with Gasteiger partial charge in [-0.15, -0.1) is 0 Å². The molecule has 0 aliphatic carbocycles. The smallest absolute Gasteiger partial charge is 0.305 e. The van der Waals surface area contributed by atoms with Gasteiger partial charge in [-0.1, -0.05) is 25.5 Å². The molecule has 1 aromatic rings. The number of rotatable bonds is 7. The summed E-state index contributed by atoms with van der Waals surface area (Å²) in [7, 11) is 0. The van der Waals surface area contributed by atoms with Gasteiger partial charge in [-0.2, -0.15) is 0 Å². The summed E-state index contributed by atoms with van der Waals surface area (Å²) in [5.74, 6) is -1.01. The van der Waals surface area contributed by atoms with E-state index in [1.54, 1.807) is 24.3 Å². The van der Waals surface area contributed by atoms with Crippen LogP contribution in [0, 0.1) is 0 Å². The van der Waals surface area contributed by atoms with E-state index in [-0.39, 0.29) is 18.9 Å². The molecule has 0 heterocycles. The summed E-state index contributed by atoms with van der Waals surface area (Å²) < 4.78 is 0. The maximum atomic E-state index is 12.1. The Morgan fingerprint density at radius 1 is 1.26 bits per heavy atom. The molecular formula is C14H20N2O3. The normalized spacial score (nSPS) is 10.2. The summed E-state index contributed by atoms with van der Waals surface area (Å²) in [6, 6.07) is 7.01. The number of aliphatic carboxylic acids is 1. The zero-order valence-corrected chi connectivity index (χ0v) is 11.1. The molecule has 0 radical (unpaired) electrons. The Morgan fingerprint density at radius 3 is 2.53 bits per heavy atom. The maximum absolute atomic E-state index is 12.1. The highest BCUT2D eigenvalue weighted by Crippen LogP contribution is 2.23. The van der Waals surface area contributed by atoms with Crippen LogP contribution in [0.5, 0.6) is 0 Å². The zero-order valence-electron chi connectivity index (χ0n) is 11.1. The van der Waals surface area contributed by atoms with E-state index >= 15 is 0 Å². The number of unbranched alkanes of at least 4 members (excludes halogenated alkanes) is 1. The molecule has 0 atom stereocenters. The Kier molecular flexibility index (Phi) is 5.85. The fraction of sp³-hybridized carbons (Fsp3) is 0.429. The minimum Gasteiger partial charge on any atom is -0.481 e. The van der Waals surface area contributed by atoms with Crippen LogP contribution in [0.4, 0.5) is 11.4 Å². The molecule has 0 aliphatic heterocycles. The predicted molar refractivity (Wildman–Crippen MR) is 75.0 cm³/mol. The molecule has 5 heteroatoms. The van der Waals surface area contributed by atoms with Crippen molar-refractivity contribution in [2.75, 3.05) is 17.2 Å². The monoisotopic (exact) mass is 264 g/mol. The maximum Gasteiger partial charge on any atom is 0.305 e. The number of carboxylic acids is 1. The molecule has 1 amide bonds. The predicted octanol–water partition coefficient (Wildman–Crippen LogP) is 2.27. The topological polar surface area (TPSA) is 83.6 Å². The molecule has 0 aliphatic rings. The lowest BCUT2D eigenvalue weighted by Gasteiger charge is -2.23. The molecule has 1 rings (SSSR count). The van der Waals surface area contributed by atoms with Crippen molar-refractivity contribution in [2.24, 2.45) is 0 Å². The van der Waals surface area contributed by atoms with Gasteiger partial charge in [-0.25, -0.2) is 0 Å². The van der Waals surface area contributed by atoms with Gasteiger partial charge in [0.1, 0.15) is 0 Å². The SMILES string of the molecule is CCCCC(=O)N(CCC(=O)O)c1ccccc1N. The Labute approximate surface area is 113 Å². The van der Waals surface area contributed by atoms with Crippen molar-refractivity contribution in [1.82, 2.24) is 0 Å². The van der Waals surface area contributed by atoms with Gasteiger partial charge >= 0.3 is 5.97 Å². The van der Waals surface area contributed by atoms with Crippen molar-refractivity contribution in [3.8, 4) is 0 Å². The van der Waals surface area contributed by atoms with Crippen molar-refractivity contribution in [2.45, 2.75) is 32.6 Å². The van der Waals surface area contributed by atoms with E-state index < -0.39 is 5.97 Å². The number of amides is 1. The van der Waals surface area contributed by atoms with E-state index in [2.05, 4.69) is 0 Å². The van der Waals surface area contributed by atoms with Gasteiger partial charge in [0, 0.05) is 13.0 Å².